The zero-order valence-corrected chi connectivity index (χ0v) is 18.4. The Labute approximate surface area is 181 Å². The van der Waals surface area contributed by atoms with Crippen LogP contribution in [0.3, 0.4) is 0 Å². The van der Waals surface area contributed by atoms with Gasteiger partial charge in [0.15, 0.2) is 0 Å². The molecular weight excluding hydrogens is 390 g/mol. The van der Waals surface area contributed by atoms with Crippen LogP contribution in [-0.4, -0.2) is 26.4 Å². The molecule has 0 atom stereocenters. The molecule has 164 valence electrons. The second kappa shape index (κ2) is 9.04. The Hall–Kier alpha value is -2.96. The lowest BCUT2D eigenvalue weighted by Crippen LogP contribution is -2.37. The number of pyridine rings is 2. The maximum absolute atomic E-state index is 13.4. The Morgan fingerprint density at radius 3 is 2.74 bits per heavy atom. The summed E-state index contributed by atoms with van der Waals surface area (Å²) >= 11 is 0. The number of aromatic nitrogens is 3. The molecule has 0 unspecified atom stereocenters. The summed E-state index contributed by atoms with van der Waals surface area (Å²) in [7, 11) is 0. The lowest BCUT2D eigenvalue weighted by Gasteiger charge is -2.26. The molecule has 1 fully saturated rings. The van der Waals surface area contributed by atoms with E-state index in [1.165, 1.54) is 10.8 Å². The number of nitrogens with one attached hydrogen (secondary N) is 2. The third-order valence-corrected chi connectivity index (χ3v) is 6.33. The Bertz CT molecular complexity index is 1230. The van der Waals surface area contributed by atoms with Crippen LogP contribution in [-0.2, 0) is 0 Å². The van der Waals surface area contributed by atoms with Gasteiger partial charge >= 0.3 is 0 Å². The molecule has 3 aromatic heterocycles. The van der Waals surface area contributed by atoms with Gasteiger partial charge in [0.1, 0.15) is 16.8 Å². The molecule has 0 spiro atoms. The fourth-order valence-corrected chi connectivity index (χ4v) is 4.60. The van der Waals surface area contributed by atoms with Crippen molar-refractivity contribution >= 4 is 22.6 Å². The van der Waals surface area contributed by atoms with Crippen molar-refractivity contribution in [3.8, 4) is 0 Å². The van der Waals surface area contributed by atoms with Gasteiger partial charge in [0, 0.05) is 18.8 Å². The molecule has 7 heteroatoms. The topological polar surface area (TPSA) is 92.2 Å². The highest BCUT2D eigenvalue weighted by atomic mass is 16.1. The predicted molar refractivity (Wildman–Crippen MR) is 122 cm³/mol. The van der Waals surface area contributed by atoms with Crippen molar-refractivity contribution in [1.82, 2.24) is 19.3 Å². The first-order chi connectivity index (χ1) is 15.0. The first-order valence-corrected chi connectivity index (χ1v) is 11.4. The summed E-state index contributed by atoms with van der Waals surface area (Å²) in [6.45, 7) is 4.62. The van der Waals surface area contributed by atoms with Gasteiger partial charge in [-0.25, -0.2) is 4.98 Å². The number of carbonyl (C=O) groups is 1. The summed E-state index contributed by atoms with van der Waals surface area (Å²) < 4.78 is 3.39. The van der Waals surface area contributed by atoms with Gasteiger partial charge in [-0.05, 0) is 43.9 Å². The van der Waals surface area contributed by atoms with Gasteiger partial charge in [-0.2, -0.15) is 0 Å². The summed E-state index contributed by atoms with van der Waals surface area (Å²) in [5, 5.41) is 12.2. The van der Waals surface area contributed by atoms with Crippen molar-refractivity contribution < 1.29 is 4.79 Å². The second-order valence-corrected chi connectivity index (χ2v) is 8.57. The third-order valence-electron chi connectivity index (χ3n) is 6.33. The number of unbranched alkanes of at least 4 members (excludes halogenated alkanes) is 2. The molecule has 3 aromatic rings. The molecule has 3 heterocycles. The molecule has 2 N–H and O–H groups in total. The van der Waals surface area contributed by atoms with Crippen LogP contribution < -0.4 is 16.4 Å². The largest absolute Gasteiger partial charge is 0.352 e. The lowest BCUT2D eigenvalue weighted by atomic mass is 9.94. The average Bonchev–Trinajstić information content (AvgIpc) is 2.78. The van der Waals surface area contributed by atoms with E-state index in [-0.39, 0.29) is 28.6 Å². The van der Waals surface area contributed by atoms with E-state index in [2.05, 4.69) is 12.2 Å². The van der Waals surface area contributed by atoms with Crippen LogP contribution in [0.5, 0.6) is 0 Å². The standard InChI is InChI=1S/C24H31N5O2/c1-3-4-8-13-26-23(30)18-15-19-22(29(20(18)25)17-11-6-5-7-12-17)27-21-16(2)10-9-14-28(21)24(19)31/h9-10,14-15,17,25H,3-8,11-13H2,1-2H3,(H,26,30). The van der Waals surface area contributed by atoms with Gasteiger partial charge in [0.2, 0.25) is 0 Å². The van der Waals surface area contributed by atoms with Crippen molar-refractivity contribution in [3.05, 3.63) is 51.4 Å². The number of hydrogen-bond acceptors (Lipinski definition) is 4. The minimum Gasteiger partial charge on any atom is -0.352 e. The number of rotatable bonds is 6. The molecule has 31 heavy (non-hydrogen) atoms. The van der Waals surface area contributed by atoms with Gasteiger partial charge in [-0.15, -0.1) is 0 Å². The molecule has 7 nitrogen and oxygen atoms in total. The minimum absolute atomic E-state index is 0.0787. The zero-order chi connectivity index (χ0) is 22.0. The molecule has 1 amide bonds. The Kier molecular flexibility index (Phi) is 6.20. The van der Waals surface area contributed by atoms with Crippen LogP contribution in [0, 0.1) is 12.3 Å². The highest BCUT2D eigenvalue weighted by molar-refractivity contribution is 5.96. The van der Waals surface area contributed by atoms with Gasteiger partial charge in [0.25, 0.3) is 11.5 Å². The Morgan fingerprint density at radius 1 is 1.23 bits per heavy atom. The maximum atomic E-state index is 13.4. The summed E-state index contributed by atoms with van der Waals surface area (Å²) in [4.78, 5) is 31.2. The van der Waals surface area contributed by atoms with E-state index in [0.717, 1.165) is 50.5 Å². The third kappa shape index (κ3) is 4.01. The smallest absolute Gasteiger partial charge is 0.267 e. The molecule has 0 aliphatic heterocycles. The highest BCUT2D eigenvalue weighted by Crippen LogP contribution is 2.29. The number of amides is 1. The van der Waals surface area contributed by atoms with Crippen LogP contribution in [0.1, 0.15) is 80.3 Å². The van der Waals surface area contributed by atoms with E-state index < -0.39 is 0 Å². The molecule has 1 aliphatic rings. The van der Waals surface area contributed by atoms with E-state index in [1.807, 2.05) is 23.6 Å². The van der Waals surface area contributed by atoms with E-state index in [9.17, 15) is 9.59 Å². The number of hydrogen-bond donors (Lipinski definition) is 2. The van der Waals surface area contributed by atoms with Crippen LogP contribution in [0.25, 0.3) is 16.7 Å². The minimum atomic E-state index is -0.290. The number of carbonyl (C=O) groups excluding carboxylic acids is 1. The molecule has 0 bridgehead atoms. The van der Waals surface area contributed by atoms with Gasteiger partial charge < -0.3 is 9.88 Å². The Balaban J connectivity index is 1.93. The van der Waals surface area contributed by atoms with Gasteiger partial charge in [-0.1, -0.05) is 45.1 Å². The maximum Gasteiger partial charge on any atom is 0.267 e. The number of nitrogens with zero attached hydrogens (tertiary/aromatic N) is 3. The van der Waals surface area contributed by atoms with E-state index >= 15 is 0 Å². The van der Waals surface area contributed by atoms with Gasteiger partial charge in [-0.3, -0.25) is 19.4 Å². The molecule has 4 rings (SSSR count). The molecule has 1 aliphatic carbocycles. The summed E-state index contributed by atoms with van der Waals surface area (Å²) in [5.74, 6) is -0.290. The van der Waals surface area contributed by atoms with E-state index in [0.29, 0.717) is 23.2 Å². The Morgan fingerprint density at radius 2 is 2.00 bits per heavy atom. The quantitative estimate of drug-likeness (QED) is 0.468. The first-order valence-electron chi connectivity index (χ1n) is 11.4. The van der Waals surface area contributed by atoms with Crippen LogP contribution in [0.15, 0.2) is 29.2 Å². The lowest BCUT2D eigenvalue weighted by molar-refractivity contribution is 0.0950. The molecule has 0 saturated heterocycles. The fraction of sp³-hybridized carbons (Fsp3) is 0.500. The van der Waals surface area contributed by atoms with Crippen molar-refractivity contribution in [2.45, 2.75) is 71.3 Å². The van der Waals surface area contributed by atoms with Crippen molar-refractivity contribution in [2.75, 3.05) is 6.54 Å². The van der Waals surface area contributed by atoms with Crippen LogP contribution >= 0.6 is 0 Å². The molecule has 0 aromatic carbocycles. The summed E-state index contributed by atoms with van der Waals surface area (Å²) in [6.07, 6.45) is 9.94. The van der Waals surface area contributed by atoms with Crippen molar-refractivity contribution in [2.24, 2.45) is 0 Å². The second-order valence-electron chi connectivity index (χ2n) is 8.57. The summed E-state index contributed by atoms with van der Waals surface area (Å²) in [5.41, 5.74) is 2.21. The molecular formula is C24H31N5O2. The average molecular weight is 422 g/mol. The number of aryl methyl sites for hydroxylation is 1. The van der Waals surface area contributed by atoms with E-state index in [1.54, 1.807) is 12.3 Å². The monoisotopic (exact) mass is 421 g/mol. The van der Waals surface area contributed by atoms with Gasteiger partial charge in [0.05, 0.1) is 10.9 Å². The van der Waals surface area contributed by atoms with Crippen LogP contribution in [0.4, 0.5) is 0 Å². The van der Waals surface area contributed by atoms with Crippen LogP contribution in [0.2, 0.25) is 0 Å². The number of fused-ring (bicyclic) bond motifs is 2. The van der Waals surface area contributed by atoms with E-state index in [4.69, 9.17) is 10.4 Å². The molecule has 1 saturated carbocycles. The van der Waals surface area contributed by atoms with Crippen molar-refractivity contribution in [3.63, 3.8) is 0 Å². The normalized spacial score (nSPS) is 14.9. The molecule has 0 radical (unpaired) electrons. The first kappa shape index (κ1) is 21.3. The summed E-state index contributed by atoms with van der Waals surface area (Å²) in [6, 6.07) is 5.40. The zero-order valence-electron chi connectivity index (χ0n) is 18.4. The SMILES string of the molecule is CCCCCNC(=O)c1cc2c(=O)n3cccc(C)c3nc2n(C2CCCCC2)c1=N. The fourth-order valence-electron chi connectivity index (χ4n) is 4.60. The highest BCUT2D eigenvalue weighted by Gasteiger charge is 2.23. The van der Waals surface area contributed by atoms with Crippen molar-refractivity contribution in [1.29, 1.82) is 5.41 Å². The predicted octanol–water partition coefficient (Wildman–Crippen LogP) is 3.86.